The summed E-state index contributed by atoms with van der Waals surface area (Å²) in [5.74, 6) is 1.67. The molecule has 0 aliphatic carbocycles. The summed E-state index contributed by atoms with van der Waals surface area (Å²) < 4.78 is 5.36. The topological polar surface area (TPSA) is 12.5 Å². The summed E-state index contributed by atoms with van der Waals surface area (Å²) in [5, 5.41) is 0. The Morgan fingerprint density at radius 3 is 2.60 bits per heavy atom. The minimum absolute atomic E-state index is 0.809. The van der Waals surface area contributed by atoms with Gasteiger partial charge in [0.15, 0.2) is 0 Å². The second-order valence-corrected chi connectivity index (χ2v) is 4.95. The molecule has 15 heavy (non-hydrogen) atoms. The zero-order chi connectivity index (χ0) is 10.9. The molecule has 0 unspecified atom stereocenters. The molecule has 1 rings (SSSR count). The predicted molar refractivity (Wildman–Crippen MR) is 65.6 cm³/mol. The van der Waals surface area contributed by atoms with Crippen LogP contribution in [-0.2, 0) is 4.74 Å². The van der Waals surface area contributed by atoms with E-state index in [4.69, 9.17) is 16.3 Å². The first kappa shape index (κ1) is 13.3. The number of hydrogen-bond donors (Lipinski definition) is 0. The first-order valence-corrected chi connectivity index (χ1v) is 6.68. The van der Waals surface area contributed by atoms with E-state index in [9.17, 15) is 0 Å². The maximum absolute atomic E-state index is 5.64. The van der Waals surface area contributed by atoms with Crippen molar-refractivity contribution in [2.24, 2.45) is 5.92 Å². The Hall–Kier alpha value is 0.210. The van der Waals surface area contributed by atoms with Crippen molar-refractivity contribution in [3.05, 3.63) is 0 Å². The molecule has 1 heterocycles. The van der Waals surface area contributed by atoms with Crippen molar-refractivity contribution in [3.63, 3.8) is 0 Å². The second kappa shape index (κ2) is 8.37. The van der Waals surface area contributed by atoms with Crippen LogP contribution in [0.5, 0.6) is 0 Å². The lowest BCUT2D eigenvalue weighted by atomic mass is 10.00. The fourth-order valence-electron chi connectivity index (χ4n) is 2.11. The molecule has 0 spiro atoms. The molecule has 1 aliphatic heterocycles. The van der Waals surface area contributed by atoms with Gasteiger partial charge in [-0.15, -0.1) is 11.6 Å². The molecule has 0 aromatic heterocycles. The number of nitrogens with zero attached hydrogens (tertiary/aromatic N) is 1. The Morgan fingerprint density at radius 1 is 1.20 bits per heavy atom. The molecule has 0 bridgehead atoms. The van der Waals surface area contributed by atoms with Crippen LogP contribution in [0.2, 0.25) is 0 Å². The summed E-state index contributed by atoms with van der Waals surface area (Å²) in [6.45, 7) is 4.38. The smallest absolute Gasteiger partial charge is 0.0469 e. The average molecular weight is 234 g/mol. The second-order valence-electron chi connectivity index (χ2n) is 4.57. The summed E-state index contributed by atoms with van der Waals surface area (Å²) in [4.78, 5) is 2.46. The lowest BCUT2D eigenvalue weighted by Crippen LogP contribution is -2.30. The molecule has 0 atom stereocenters. The molecule has 1 aliphatic rings. The van der Waals surface area contributed by atoms with E-state index >= 15 is 0 Å². The molecule has 1 fully saturated rings. The normalized spacial score (nSPS) is 18.6. The number of ether oxygens (including phenoxy) is 1. The van der Waals surface area contributed by atoms with Gasteiger partial charge < -0.3 is 9.64 Å². The van der Waals surface area contributed by atoms with Gasteiger partial charge in [-0.25, -0.2) is 0 Å². The molecular formula is C12H24ClNO. The summed E-state index contributed by atoms with van der Waals surface area (Å²) in [7, 11) is 2.23. The number of halogens is 1. The van der Waals surface area contributed by atoms with Crippen LogP contribution in [0.3, 0.4) is 0 Å². The molecule has 0 aromatic rings. The number of hydrogen-bond acceptors (Lipinski definition) is 2. The number of unbranched alkanes of at least 4 members (excludes halogenated alkanes) is 2. The Kier molecular flexibility index (Phi) is 7.41. The van der Waals surface area contributed by atoms with Crippen LogP contribution in [0.25, 0.3) is 0 Å². The third-order valence-electron chi connectivity index (χ3n) is 3.08. The van der Waals surface area contributed by atoms with Crippen LogP contribution < -0.4 is 0 Å². The van der Waals surface area contributed by atoms with Gasteiger partial charge in [0.1, 0.15) is 0 Å². The minimum Gasteiger partial charge on any atom is -0.381 e. The highest BCUT2D eigenvalue weighted by atomic mass is 35.5. The van der Waals surface area contributed by atoms with Crippen molar-refractivity contribution in [2.75, 3.05) is 39.2 Å². The molecule has 0 aromatic carbocycles. The molecule has 90 valence electrons. The first-order chi connectivity index (χ1) is 7.33. The summed E-state index contributed by atoms with van der Waals surface area (Å²) in [6, 6.07) is 0. The summed E-state index contributed by atoms with van der Waals surface area (Å²) >= 11 is 5.64. The Bertz CT molecular complexity index is 149. The van der Waals surface area contributed by atoms with Gasteiger partial charge in [-0.1, -0.05) is 6.42 Å². The van der Waals surface area contributed by atoms with Gasteiger partial charge in [-0.3, -0.25) is 0 Å². The highest BCUT2D eigenvalue weighted by Gasteiger charge is 2.15. The maximum atomic E-state index is 5.64. The van der Waals surface area contributed by atoms with Gasteiger partial charge in [0.25, 0.3) is 0 Å². The standard InChI is InChI=1S/C12H24ClNO/c1-14(8-4-2-3-7-13)11-12-5-9-15-10-6-12/h12H,2-11H2,1H3. The van der Waals surface area contributed by atoms with E-state index in [0.717, 1.165) is 31.4 Å². The predicted octanol–water partition coefficient (Wildman–Crippen LogP) is 2.75. The van der Waals surface area contributed by atoms with E-state index in [0.29, 0.717) is 0 Å². The van der Waals surface area contributed by atoms with Gasteiger partial charge >= 0.3 is 0 Å². The van der Waals surface area contributed by atoms with E-state index in [-0.39, 0.29) is 0 Å². The van der Waals surface area contributed by atoms with Crippen LogP contribution in [-0.4, -0.2) is 44.1 Å². The molecule has 2 nitrogen and oxygen atoms in total. The third kappa shape index (κ3) is 6.39. The van der Waals surface area contributed by atoms with E-state index in [2.05, 4.69) is 11.9 Å². The van der Waals surface area contributed by atoms with Crippen molar-refractivity contribution in [1.82, 2.24) is 4.90 Å². The Morgan fingerprint density at radius 2 is 1.93 bits per heavy atom. The van der Waals surface area contributed by atoms with E-state index in [1.54, 1.807) is 0 Å². The third-order valence-corrected chi connectivity index (χ3v) is 3.35. The number of alkyl halides is 1. The van der Waals surface area contributed by atoms with Crippen molar-refractivity contribution in [2.45, 2.75) is 32.1 Å². The quantitative estimate of drug-likeness (QED) is 0.495. The lowest BCUT2D eigenvalue weighted by Gasteiger charge is -2.27. The van der Waals surface area contributed by atoms with E-state index in [1.807, 2.05) is 0 Å². The lowest BCUT2D eigenvalue weighted by molar-refractivity contribution is 0.0556. The largest absolute Gasteiger partial charge is 0.381 e. The van der Waals surface area contributed by atoms with Crippen molar-refractivity contribution in [1.29, 1.82) is 0 Å². The Balaban J connectivity index is 1.98. The van der Waals surface area contributed by atoms with Crippen LogP contribution in [0.15, 0.2) is 0 Å². The van der Waals surface area contributed by atoms with E-state index < -0.39 is 0 Å². The summed E-state index contributed by atoms with van der Waals surface area (Å²) in [6.07, 6.45) is 6.19. The summed E-state index contributed by atoms with van der Waals surface area (Å²) in [5.41, 5.74) is 0. The monoisotopic (exact) mass is 233 g/mol. The molecule has 0 radical (unpaired) electrons. The fourth-order valence-corrected chi connectivity index (χ4v) is 2.30. The van der Waals surface area contributed by atoms with Crippen molar-refractivity contribution < 1.29 is 4.74 Å². The molecule has 1 saturated heterocycles. The molecular weight excluding hydrogens is 210 g/mol. The molecule has 0 saturated carbocycles. The van der Waals surface area contributed by atoms with Crippen molar-refractivity contribution >= 4 is 11.6 Å². The SMILES string of the molecule is CN(CCCCCCl)CC1CCOCC1. The van der Waals surface area contributed by atoms with Gasteiger partial charge in [-0.05, 0) is 45.2 Å². The van der Waals surface area contributed by atoms with Crippen LogP contribution in [0, 0.1) is 5.92 Å². The van der Waals surface area contributed by atoms with E-state index in [1.165, 1.54) is 38.8 Å². The molecule has 0 amide bonds. The van der Waals surface area contributed by atoms with Crippen LogP contribution >= 0.6 is 11.6 Å². The average Bonchev–Trinajstić information content (AvgIpc) is 2.26. The Labute approximate surface area is 98.9 Å². The first-order valence-electron chi connectivity index (χ1n) is 6.15. The molecule has 0 N–H and O–H groups in total. The zero-order valence-electron chi connectivity index (χ0n) is 9.88. The van der Waals surface area contributed by atoms with Crippen molar-refractivity contribution in [3.8, 4) is 0 Å². The van der Waals surface area contributed by atoms with Gasteiger partial charge in [0.05, 0.1) is 0 Å². The highest BCUT2D eigenvalue weighted by molar-refractivity contribution is 6.17. The maximum Gasteiger partial charge on any atom is 0.0469 e. The fraction of sp³-hybridized carbons (Fsp3) is 1.00. The zero-order valence-corrected chi connectivity index (χ0v) is 10.6. The van der Waals surface area contributed by atoms with Gasteiger partial charge in [-0.2, -0.15) is 0 Å². The minimum atomic E-state index is 0.809. The van der Waals surface area contributed by atoms with Crippen LogP contribution in [0.1, 0.15) is 32.1 Å². The van der Waals surface area contributed by atoms with Gasteiger partial charge in [0.2, 0.25) is 0 Å². The van der Waals surface area contributed by atoms with Crippen LogP contribution in [0.4, 0.5) is 0 Å². The van der Waals surface area contributed by atoms with Gasteiger partial charge in [0, 0.05) is 25.6 Å². The highest BCUT2D eigenvalue weighted by Crippen LogP contribution is 2.15. The number of rotatable bonds is 7. The molecule has 3 heteroatoms.